The summed E-state index contributed by atoms with van der Waals surface area (Å²) < 4.78 is 0. The number of rotatable bonds is 4. The van der Waals surface area contributed by atoms with E-state index in [-0.39, 0.29) is 11.8 Å². The van der Waals surface area contributed by atoms with Gasteiger partial charge in [-0.05, 0) is 45.2 Å². The molecule has 3 fully saturated rings. The second kappa shape index (κ2) is 8.11. The number of carbonyl (C=O) groups is 2. The molecule has 0 bridgehead atoms. The van der Waals surface area contributed by atoms with E-state index < -0.39 is 0 Å². The van der Waals surface area contributed by atoms with Gasteiger partial charge in [0.15, 0.2) is 0 Å². The van der Waals surface area contributed by atoms with E-state index in [1.807, 2.05) is 9.80 Å². The van der Waals surface area contributed by atoms with Gasteiger partial charge >= 0.3 is 0 Å². The molecule has 0 spiro atoms. The van der Waals surface area contributed by atoms with Crippen LogP contribution in [0.2, 0.25) is 0 Å². The maximum absolute atomic E-state index is 12.3. The lowest BCUT2D eigenvalue weighted by atomic mass is 10.3. The summed E-state index contributed by atoms with van der Waals surface area (Å²) in [6.45, 7) is 8.56. The Labute approximate surface area is 139 Å². The smallest absolute Gasteiger partial charge is 0.236 e. The zero-order chi connectivity index (χ0) is 16.1. The molecule has 0 atom stereocenters. The van der Waals surface area contributed by atoms with E-state index in [0.29, 0.717) is 13.1 Å². The Hall–Kier alpha value is -1.14. The van der Waals surface area contributed by atoms with E-state index in [1.165, 1.54) is 0 Å². The van der Waals surface area contributed by atoms with Crippen LogP contribution in [-0.2, 0) is 9.59 Å². The van der Waals surface area contributed by atoms with Crippen LogP contribution in [0, 0.1) is 0 Å². The minimum Gasteiger partial charge on any atom is -0.342 e. The van der Waals surface area contributed by atoms with Crippen molar-refractivity contribution in [3.63, 3.8) is 0 Å². The van der Waals surface area contributed by atoms with Crippen LogP contribution in [0.15, 0.2) is 0 Å². The fraction of sp³-hybridized carbons (Fsp3) is 0.882. The van der Waals surface area contributed by atoms with Gasteiger partial charge in [0.05, 0.1) is 13.1 Å². The Kier molecular flexibility index (Phi) is 5.89. The van der Waals surface area contributed by atoms with Gasteiger partial charge in [-0.1, -0.05) is 0 Å². The van der Waals surface area contributed by atoms with Crippen LogP contribution >= 0.6 is 0 Å². The quantitative estimate of drug-likeness (QED) is 0.744. The van der Waals surface area contributed by atoms with Crippen LogP contribution in [0.3, 0.4) is 0 Å². The van der Waals surface area contributed by atoms with Crippen molar-refractivity contribution >= 4 is 11.8 Å². The van der Waals surface area contributed by atoms with Crippen molar-refractivity contribution in [2.75, 3.05) is 65.4 Å². The number of likely N-dealkylation sites (tertiary alicyclic amines) is 2. The molecule has 0 aliphatic carbocycles. The fourth-order valence-corrected chi connectivity index (χ4v) is 3.86. The molecule has 0 radical (unpaired) electrons. The number of hydrogen-bond acceptors (Lipinski definition) is 4. The number of nitrogens with zero attached hydrogens (tertiary/aromatic N) is 4. The SMILES string of the molecule is O=C(CN1CCCN(CC(=O)N2CCCC2)CC1)N1CCCC1. The average molecular weight is 322 g/mol. The fourth-order valence-electron chi connectivity index (χ4n) is 3.86. The highest BCUT2D eigenvalue weighted by Gasteiger charge is 2.24. The van der Waals surface area contributed by atoms with Crippen molar-refractivity contribution < 1.29 is 9.59 Å². The van der Waals surface area contributed by atoms with Gasteiger partial charge in [-0.25, -0.2) is 0 Å². The summed E-state index contributed by atoms with van der Waals surface area (Å²) in [5.74, 6) is 0.563. The van der Waals surface area contributed by atoms with E-state index in [1.54, 1.807) is 0 Å². The summed E-state index contributed by atoms with van der Waals surface area (Å²) in [6.07, 6.45) is 5.65. The summed E-state index contributed by atoms with van der Waals surface area (Å²) in [5, 5.41) is 0. The monoisotopic (exact) mass is 322 g/mol. The highest BCUT2D eigenvalue weighted by molar-refractivity contribution is 5.79. The molecular formula is C17H30N4O2. The average Bonchev–Trinajstić information content (AvgIpc) is 3.21. The number of hydrogen-bond donors (Lipinski definition) is 0. The third-order valence-corrected chi connectivity index (χ3v) is 5.32. The topological polar surface area (TPSA) is 47.1 Å². The van der Waals surface area contributed by atoms with Crippen LogP contribution < -0.4 is 0 Å². The molecule has 3 saturated heterocycles. The molecule has 0 aromatic heterocycles. The van der Waals surface area contributed by atoms with Gasteiger partial charge in [0.2, 0.25) is 11.8 Å². The highest BCUT2D eigenvalue weighted by Crippen LogP contribution is 2.11. The molecule has 130 valence electrons. The molecular weight excluding hydrogens is 292 g/mol. The predicted octanol–water partition coefficient (Wildman–Crippen LogP) is 0.239. The minimum absolute atomic E-state index is 0.282. The molecule has 0 saturated carbocycles. The summed E-state index contributed by atoms with van der Waals surface area (Å²) in [4.78, 5) is 33.1. The zero-order valence-electron chi connectivity index (χ0n) is 14.2. The molecule has 0 N–H and O–H groups in total. The maximum atomic E-state index is 12.3. The van der Waals surface area contributed by atoms with Crippen LogP contribution in [0.1, 0.15) is 32.1 Å². The number of carbonyl (C=O) groups excluding carboxylic acids is 2. The standard InChI is InChI=1S/C17H30N4O2/c22-16(20-8-1-2-9-20)14-18-6-5-7-19(13-12-18)15-17(23)21-10-3-4-11-21/h1-15H2. The first-order valence-corrected chi connectivity index (χ1v) is 9.22. The first-order valence-electron chi connectivity index (χ1n) is 9.22. The minimum atomic E-state index is 0.282. The molecule has 6 nitrogen and oxygen atoms in total. The van der Waals surface area contributed by atoms with Crippen LogP contribution in [0.5, 0.6) is 0 Å². The summed E-state index contributed by atoms with van der Waals surface area (Å²) >= 11 is 0. The Bertz CT molecular complexity index is 379. The van der Waals surface area contributed by atoms with Crippen LogP contribution in [-0.4, -0.2) is 96.9 Å². The molecule has 6 heteroatoms. The first-order chi connectivity index (χ1) is 11.2. The lowest BCUT2D eigenvalue weighted by Crippen LogP contribution is -2.42. The molecule has 0 unspecified atom stereocenters. The molecule has 2 amide bonds. The van der Waals surface area contributed by atoms with Crippen molar-refractivity contribution in [3.8, 4) is 0 Å². The third-order valence-electron chi connectivity index (χ3n) is 5.32. The van der Waals surface area contributed by atoms with Crippen LogP contribution in [0.25, 0.3) is 0 Å². The van der Waals surface area contributed by atoms with Crippen molar-refractivity contribution in [1.29, 1.82) is 0 Å². The molecule has 3 heterocycles. The van der Waals surface area contributed by atoms with Crippen molar-refractivity contribution in [2.45, 2.75) is 32.1 Å². The van der Waals surface area contributed by atoms with Gasteiger partial charge in [0.1, 0.15) is 0 Å². The summed E-state index contributed by atoms with van der Waals surface area (Å²) in [7, 11) is 0. The molecule has 3 aliphatic rings. The molecule has 3 aliphatic heterocycles. The first kappa shape index (κ1) is 16.7. The van der Waals surface area contributed by atoms with Gasteiger partial charge in [-0.2, -0.15) is 0 Å². The van der Waals surface area contributed by atoms with E-state index in [2.05, 4.69) is 9.80 Å². The lowest BCUT2D eigenvalue weighted by Gasteiger charge is -2.24. The van der Waals surface area contributed by atoms with Crippen LogP contribution in [0.4, 0.5) is 0 Å². The van der Waals surface area contributed by atoms with E-state index in [4.69, 9.17) is 0 Å². The van der Waals surface area contributed by atoms with Crippen molar-refractivity contribution in [1.82, 2.24) is 19.6 Å². The highest BCUT2D eigenvalue weighted by atomic mass is 16.2. The lowest BCUT2D eigenvalue weighted by molar-refractivity contribution is -0.132. The van der Waals surface area contributed by atoms with E-state index >= 15 is 0 Å². The molecule has 3 rings (SSSR count). The predicted molar refractivity (Wildman–Crippen MR) is 89.1 cm³/mol. The molecule has 23 heavy (non-hydrogen) atoms. The second-order valence-corrected chi connectivity index (χ2v) is 7.08. The van der Waals surface area contributed by atoms with Crippen molar-refractivity contribution in [2.24, 2.45) is 0 Å². The number of amides is 2. The van der Waals surface area contributed by atoms with Gasteiger partial charge < -0.3 is 9.80 Å². The van der Waals surface area contributed by atoms with Gasteiger partial charge in [0.25, 0.3) is 0 Å². The normalized spacial score (nSPS) is 24.2. The molecule has 0 aromatic rings. The zero-order valence-corrected chi connectivity index (χ0v) is 14.2. The summed E-state index contributed by atoms with van der Waals surface area (Å²) in [5.41, 5.74) is 0. The van der Waals surface area contributed by atoms with Gasteiger partial charge in [-0.15, -0.1) is 0 Å². The van der Waals surface area contributed by atoms with Crippen molar-refractivity contribution in [3.05, 3.63) is 0 Å². The second-order valence-electron chi connectivity index (χ2n) is 7.08. The third kappa shape index (κ3) is 4.67. The largest absolute Gasteiger partial charge is 0.342 e. The Balaban J connectivity index is 1.41. The molecule has 0 aromatic carbocycles. The maximum Gasteiger partial charge on any atom is 0.236 e. The Morgan fingerprint density at radius 2 is 0.913 bits per heavy atom. The summed E-state index contributed by atoms with van der Waals surface area (Å²) in [6, 6.07) is 0. The van der Waals surface area contributed by atoms with Gasteiger partial charge in [0, 0.05) is 39.3 Å². The van der Waals surface area contributed by atoms with E-state index in [0.717, 1.165) is 84.5 Å². The van der Waals surface area contributed by atoms with E-state index in [9.17, 15) is 9.59 Å². The Morgan fingerprint density at radius 1 is 0.522 bits per heavy atom. The Morgan fingerprint density at radius 3 is 1.30 bits per heavy atom. The van der Waals surface area contributed by atoms with Gasteiger partial charge in [-0.3, -0.25) is 19.4 Å².